The second kappa shape index (κ2) is 11.7. The standard InChI is InChI=1S/C32H36N8O4S/c1-19(2)40-29-15-23(13-25(27(29)17-36-40)31(41)33-16-26-20(3)12-21(4)37-32(26)42)22-6-7-24-28(14-22)34-18-35-30(24)38-8-10-39(11-9-38)45(5,43)44/h6-7,12-15,17-19H,8-11,16H2,1-5H3,(H,33,41)(H,37,42). The Kier molecular flexibility index (Phi) is 7.91. The van der Waals surface area contributed by atoms with E-state index in [4.69, 9.17) is 0 Å². The number of sulfonamides is 1. The van der Waals surface area contributed by atoms with Crippen LogP contribution in [0, 0.1) is 13.8 Å². The van der Waals surface area contributed by atoms with Crippen molar-refractivity contribution in [2.75, 3.05) is 37.3 Å². The zero-order valence-corrected chi connectivity index (χ0v) is 26.8. The van der Waals surface area contributed by atoms with Gasteiger partial charge in [-0.2, -0.15) is 9.40 Å². The smallest absolute Gasteiger partial charge is 0.253 e. The first-order valence-electron chi connectivity index (χ1n) is 14.8. The summed E-state index contributed by atoms with van der Waals surface area (Å²) < 4.78 is 27.3. The van der Waals surface area contributed by atoms with Crippen LogP contribution in [0.25, 0.3) is 32.9 Å². The molecule has 0 saturated carbocycles. The molecule has 0 spiro atoms. The molecule has 1 amide bonds. The summed E-state index contributed by atoms with van der Waals surface area (Å²) in [5.41, 5.74) is 5.60. The zero-order chi connectivity index (χ0) is 32.0. The van der Waals surface area contributed by atoms with Gasteiger partial charge in [-0.15, -0.1) is 0 Å². The molecule has 0 radical (unpaired) electrons. The molecule has 0 atom stereocenters. The molecular weight excluding hydrogens is 592 g/mol. The Morgan fingerprint density at radius 1 is 1.00 bits per heavy atom. The van der Waals surface area contributed by atoms with E-state index in [-0.39, 0.29) is 24.1 Å². The van der Waals surface area contributed by atoms with Crippen LogP contribution in [0.3, 0.4) is 0 Å². The van der Waals surface area contributed by atoms with E-state index in [0.29, 0.717) is 37.3 Å². The van der Waals surface area contributed by atoms with Crippen molar-refractivity contribution in [3.8, 4) is 11.1 Å². The maximum atomic E-state index is 13.7. The SMILES string of the molecule is Cc1cc(C)c(CNC(=O)c2cc(-c3ccc4c(N5CCN(S(C)(=O)=O)CC5)ncnc4c3)cc3c2cnn3C(C)C)c(=O)[nH]1. The van der Waals surface area contributed by atoms with E-state index in [2.05, 4.69) is 30.3 Å². The highest BCUT2D eigenvalue weighted by molar-refractivity contribution is 7.88. The highest BCUT2D eigenvalue weighted by Crippen LogP contribution is 2.33. The molecule has 45 heavy (non-hydrogen) atoms. The van der Waals surface area contributed by atoms with E-state index in [1.807, 2.05) is 68.8 Å². The molecular formula is C32H36N8O4S. The number of aromatic nitrogens is 5. The third-order valence-corrected chi connectivity index (χ3v) is 9.63. The maximum Gasteiger partial charge on any atom is 0.253 e. The minimum absolute atomic E-state index is 0.0671. The lowest BCUT2D eigenvalue weighted by atomic mass is 9.98. The number of pyridine rings is 1. The summed E-state index contributed by atoms with van der Waals surface area (Å²) in [7, 11) is -3.24. The molecule has 13 heteroatoms. The van der Waals surface area contributed by atoms with Crippen molar-refractivity contribution >= 4 is 43.6 Å². The normalized spacial score (nSPS) is 14.5. The van der Waals surface area contributed by atoms with Gasteiger partial charge in [0.25, 0.3) is 11.5 Å². The van der Waals surface area contributed by atoms with E-state index < -0.39 is 10.0 Å². The summed E-state index contributed by atoms with van der Waals surface area (Å²) in [4.78, 5) is 40.2. The van der Waals surface area contributed by atoms with Crippen molar-refractivity contribution in [3.63, 3.8) is 0 Å². The van der Waals surface area contributed by atoms with Crippen LogP contribution in [-0.2, 0) is 16.6 Å². The van der Waals surface area contributed by atoms with Crippen molar-refractivity contribution < 1.29 is 13.2 Å². The van der Waals surface area contributed by atoms with Crippen LogP contribution in [0.15, 0.2) is 53.7 Å². The molecule has 0 aliphatic carbocycles. The third-order valence-electron chi connectivity index (χ3n) is 8.33. The number of hydrogen-bond donors (Lipinski definition) is 2. The first kappa shape index (κ1) is 30.4. The highest BCUT2D eigenvalue weighted by atomic mass is 32.2. The lowest BCUT2D eigenvalue weighted by Crippen LogP contribution is -2.48. The zero-order valence-electron chi connectivity index (χ0n) is 26.0. The van der Waals surface area contributed by atoms with Gasteiger partial charge in [0, 0.05) is 60.8 Å². The van der Waals surface area contributed by atoms with Crippen LogP contribution < -0.4 is 15.8 Å². The Balaban J connectivity index is 1.36. The number of anilines is 1. The Hall–Kier alpha value is -4.62. The summed E-state index contributed by atoms with van der Waals surface area (Å²) in [6.07, 6.45) is 4.47. The van der Waals surface area contributed by atoms with Gasteiger partial charge >= 0.3 is 0 Å². The summed E-state index contributed by atoms with van der Waals surface area (Å²) in [5.74, 6) is 0.456. The van der Waals surface area contributed by atoms with Crippen molar-refractivity contribution in [2.24, 2.45) is 0 Å². The molecule has 3 aromatic heterocycles. The summed E-state index contributed by atoms with van der Waals surface area (Å²) >= 11 is 0. The van der Waals surface area contributed by atoms with Crippen LogP contribution in [-0.4, -0.2) is 75.8 Å². The highest BCUT2D eigenvalue weighted by Gasteiger charge is 2.25. The van der Waals surface area contributed by atoms with Crippen LogP contribution in [0.4, 0.5) is 5.82 Å². The quantitative estimate of drug-likeness (QED) is 0.278. The van der Waals surface area contributed by atoms with E-state index >= 15 is 0 Å². The van der Waals surface area contributed by atoms with Crippen molar-refractivity contribution in [1.82, 2.24) is 34.4 Å². The van der Waals surface area contributed by atoms with Crippen LogP contribution in [0.2, 0.25) is 0 Å². The van der Waals surface area contributed by atoms with Crippen LogP contribution in [0.5, 0.6) is 0 Å². The van der Waals surface area contributed by atoms with Crippen molar-refractivity contribution in [3.05, 3.63) is 81.7 Å². The van der Waals surface area contributed by atoms with E-state index in [1.54, 1.807) is 6.20 Å². The molecule has 1 saturated heterocycles. The third kappa shape index (κ3) is 5.92. The van der Waals surface area contributed by atoms with E-state index in [0.717, 1.165) is 50.0 Å². The Morgan fingerprint density at radius 3 is 2.44 bits per heavy atom. The molecule has 1 aliphatic heterocycles. The number of benzene rings is 2. The lowest BCUT2D eigenvalue weighted by Gasteiger charge is -2.34. The Morgan fingerprint density at radius 2 is 1.76 bits per heavy atom. The average molecular weight is 629 g/mol. The van der Waals surface area contributed by atoms with Gasteiger partial charge in [0.05, 0.1) is 29.0 Å². The first-order valence-corrected chi connectivity index (χ1v) is 16.7. The molecule has 5 aromatic rings. The fourth-order valence-corrected chi connectivity index (χ4v) is 6.81. The number of carbonyl (C=O) groups is 1. The second-order valence-electron chi connectivity index (χ2n) is 11.8. The Bertz CT molecular complexity index is 2110. The summed E-state index contributed by atoms with van der Waals surface area (Å²) in [6, 6.07) is 11.8. The first-order chi connectivity index (χ1) is 21.4. The minimum Gasteiger partial charge on any atom is -0.353 e. The summed E-state index contributed by atoms with van der Waals surface area (Å²) in [5, 5.41) is 9.11. The molecule has 1 fully saturated rings. The van der Waals surface area contributed by atoms with Crippen molar-refractivity contribution in [1.29, 1.82) is 0 Å². The van der Waals surface area contributed by atoms with Gasteiger partial charge < -0.3 is 15.2 Å². The number of nitrogens with zero attached hydrogens (tertiary/aromatic N) is 6. The number of aromatic amines is 1. The van der Waals surface area contributed by atoms with E-state index in [9.17, 15) is 18.0 Å². The van der Waals surface area contributed by atoms with Gasteiger partial charge in [-0.1, -0.05) is 6.07 Å². The molecule has 2 aromatic carbocycles. The molecule has 6 rings (SSSR count). The summed E-state index contributed by atoms with van der Waals surface area (Å²) in [6.45, 7) is 9.71. The number of piperazine rings is 1. The minimum atomic E-state index is -3.24. The second-order valence-corrected chi connectivity index (χ2v) is 13.8. The fraction of sp³-hybridized carbons (Fsp3) is 0.344. The predicted molar refractivity (Wildman–Crippen MR) is 175 cm³/mol. The molecule has 0 bridgehead atoms. The van der Waals surface area contributed by atoms with E-state index in [1.165, 1.54) is 16.9 Å². The number of hydrogen-bond acceptors (Lipinski definition) is 8. The van der Waals surface area contributed by atoms with Crippen LogP contribution in [0.1, 0.15) is 47.1 Å². The largest absolute Gasteiger partial charge is 0.353 e. The molecule has 2 N–H and O–H groups in total. The topological polar surface area (TPSA) is 146 Å². The van der Waals surface area contributed by atoms with Crippen molar-refractivity contribution in [2.45, 2.75) is 40.3 Å². The van der Waals surface area contributed by atoms with Gasteiger partial charge in [-0.3, -0.25) is 14.3 Å². The monoisotopic (exact) mass is 628 g/mol. The van der Waals surface area contributed by atoms with Gasteiger partial charge in [-0.05, 0) is 74.7 Å². The molecule has 0 unspecified atom stereocenters. The maximum absolute atomic E-state index is 13.7. The number of rotatable bonds is 7. The molecule has 12 nitrogen and oxygen atoms in total. The molecule has 234 valence electrons. The number of fused-ring (bicyclic) bond motifs is 2. The number of carbonyl (C=O) groups excluding carboxylic acids is 1. The van der Waals surface area contributed by atoms with Gasteiger partial charge in [-0.25, -0.2) is 18.4 Å². The Labute approximate surface area is 261 Å². The average Bonchev–Trinajstić information content (AvgIpc) is 3.43. The lowest BCUT2D eigenvalue weighted by molar-refractivity contribution is 0.0952. The predicted octanol–water partition coefficient (Wildman–Crippen LogP) is 3.54. The number of amides is 1. The number of aryl methyl sites for hydroxylation is 2. The number of nitrogens with one attached hydrogen (secondary N) is 2. The van der Waals surface area contributed by atoms with Gasteiger partial charge in [0.2, 0.25) is 10.0 Å². The number of H-pyrrole nitrogens is 1. The molecule has 4 heterocycles. The van der Waals surface area contributed by atoms with Crippen LogP contribution >= 0.6 is 0 Å². The molecule has 1 aliphatic rings. The fourth-order valence-electron chi connectivity index (χ4n) is 5.98. The van der Waals surface area contributed by atoms with Gasteiger partial charge in [0.15, 0.2) is 0 Å². The van der Waals surface area contributed by atoms with Gasteiger partial charge in [0.1, 0.15) is 12.1 Å².